The average Bonchev–Trinajstić information content (AvgIpc) is 2.44. The fraction of sp³-hybridized carbons (Fsp3) is 0.737. The molecule has 2 bridgehead atoms. The van der Waals surface area contributed by atoms with Gasteiger partial charge in [-0.3, -0.25) is 4.98 Å². The number of hydrogen-bond acceptors (Lipinski definition) is 2. The van der Waals surface area contributed by atoms with Crippen LogP contribution in [0.2, 0.25) is 0 Å². The van der Waals surface area contributed by atoms with Gasteiger partial charge in [-0.2, -0.15) is 0 Å². The van der Waals surface area contributed by atoms with Gasteiger partial charge in [0.25, 0.3) is 0 Å². The predicted molar refractivity (Wildman–Crippen MR) is 88.1 cm³/mol. The highest BCUT2D eigenvalue weighted by molar-refractivity contribution is 5.14. The van der Waals surface area contributed by atoms with Crippen LogP contribution in [0.1, 0.15) is 64.1 Å². The van der Waals surface area contributed by atoms with Crippen molar-refractivity contribution in [1.82, 2.24) is 10.3 Å². The third-order valence-corrected chi connectivity index (χ3v) is 5.58. The van der Waals surface area contributed by atoms with E-state index >= 15 is 0 Å². The molecule has 1 heterocycles. The summed E-state index contributed by atoms with van der Waals surface area (Å²) in [4.78, 5) is 4.51. The molecule has 0 aliphatic heterocycles. The van der Waals surface area contributed by atoms with Crippen LogP contribution in [0.3, 0.4) is 0 Å². The molecular formula is C19H30N2. The van der Waals surface area contributed by atoms with Gasteiger partial charge in [0.2, 0.25) is 0 Å². The zero-order valence-corrected chi connectivity index (χ0v) is 13.9. The second kappa shape index (κ2) is 6.08. The van der Waals surface area contributed by atoms with Crippen molar-refractivity contribution in [3.63, 3.8) is 0 Å². The molecule has 0 aromatic carbocycles. The summed E-state index contributed by atoms with van der Waals surface area (Å²) in [5.74, 6) is 2.85. The molecule has 2 saturated carbocycles. The summed E-state index contributed by atoms with van der Waals surface area (Å²) in [6.07, 6.45) is 10.1. The lowest BCUT2D eigenvalue weighted by Gasteiger charge is -2.47. The van der Waals surface area contributed by atoms with Crippen molar-refractivity contribution in [3.05, 3.63) is 29.6 Å². The molecule has 0 saturated heterocycles. The predicted octanol–water partition coefficient (Wildman–Crippen LogP) is 4.34. The van der Waals surface area contributed by atoms with Gasteiger partial charge in [-0.25, -0.2) is 0 Å². The fourth-order valence-corrected chi connectivity index (χ4v) is 4.82. The van der Waals surface area contributed by atoms with Crippen molar-refractivity contribution >= 4 is 0 Å². The van der Waals surface area contributed by atoms with E-state index in [1.807, 2.05) is 6.20 Å². The van der Waals surface area contributed by atoms with Gasteiger partial charge in [0.1, 0.15) is 0 Å². The van der Waals surface area contributed by atoms with E-state index in [1.165, 1.54) is 43.4 Å². The summed E-state index contributed by atoms with van der Waals surface area (Å²) in [6.45, 7) is 8.00. The van der Waals surface area contributed by atoms with Crippen molar-refractivity contribution in [1.29, 1.82) is 0 Å². The standard InChI is InChI=1S/C19H30N2/c1-4-18-6-5-15(12-20-18)13-21-19(3)10-16-7-14(2)8-17(9-16)11-19/h5-6,12,14,16-17,21H,4,7-11,13H2,1-3H3. The van der Waals surface area contributed by atoms with Gasteiger partial charge in [-0.1, -0.05) is 19.9 Å². The summed E-state index contributed by atoms with van der Waals surface area (Å²) in [7, 11) is 0. The maximum absolute atomic E-state index is 4.51. The Kier molecular flexibility index (Phi) is 4.35. The van der Waals surface area contributed by atoms with Gasteiger partial charge in [-0.05, 0) is 74.8 Å². The van der Waals surface area contributed by atoms with Crippen molar-refractivity contribution in [2.45, 2.75) is 71.4 Å². The maximum Gasteiger partial charge on any atom is 0.0401 e. The second-order valence-electron chi connectivity index (χ2n) is 7.88. The van der Waals surface area contributed by atoms with Crippen molar-refractivity contribution in [2.24, 2.45) is 17.8 Å². The van der Waals surface area contributed by atoms with E-state index in [1.54, 1.807) is 0 Å². The lowest BCUT2D eigenvalue weighted by Crippen LogP contribution is -2.50. The van der Waals surface area contributed by atoms with Crippen LogP contribution in [0, 0.1) is 17.8 Å². The van der Waals surface area contributed by atoms with Gasteiger partial charge >= 0.3 is 0 Å². The van der Waals surface area contributed by atoms with E-state index in [-0.39, 0.29) is 0 Å². The lowest BCUT2D eigenvalue weighted by atomic mass is 9.62. The highest BCUT2D eigenvalue weighted by atomic mass is 15.0. The molecular weight excluding hydrogens is 256 g/mol. The highest BCUT2D eigenvalue weighted by Crippen LogP contribution is 2.46. The number of pyridine rings is 1. The average molecular weight is 286 g/mol. The number of aryl methyl sites for hydroxylation is 1. The molecule has 2 fully saturated rings. The van der Waals surface area contributed by atoms with Gasteiger partial charge in [0, 0.05) is 24.0 Å². The van der Waals surface area contributed by atoms with Crippen LogP contribution < -0.4 is 5.32 Å². The lowest BCUT2D eigenvalue weighted by molar-refractivity contribution is 0.0727. The van der Waals surface area contributed by atoms with E-state index in [2.05, 4.69) is 43.2 Å². The van der Waals surface area contributed by atoms with Crippen LogP contribution in [-0.2, 0) is 13.0 Å². The van der Waals surface area contributed by atoms with Crippen LogP contribution in [0.5, 0.6) is 0 Å². The molecule has 2 heteroatoms. The summed E-state index contributed by atoms with van der Waals surface area (Å²) >= 11 is 0. The first kappa shape index (κ1) is 15.0. The largest absolute Gasteiger partial charge is 0.307 e. The zero-order valence-electron chi connectivity index (χ0n) is 13.9. The summed E-state index contributed by atoms with van der Waals surface area (Å²) < 4.78 is 0. The Bertz CT molecular complexity index is 447. The number of rotatable bonds is 4. The molecule has 0 radical (unpaired) electrons. The number of nitrogens with one attached hydrogen (secondary N) is 1. The first-order valence-corrected chi connectivity index (χ1v) is 8.75. The van der Waals surface area contributed by atoms with E-state index < -0.39 is 0 Å². The normalized spacial score (nSPS) is 35.7. The zero-order chi connectivity index (χ0) is 14.9. The molecule has 3 rings (SSSR count). The Labute approximate surface area is 129 Å². The molecule has 21 heavy (non-hydrogen) atoms. The Morgan fingerprint density at radius 3 is 2.48 bits per heavy atom. The monoisotopic (exact) mass is 286 g/mol. The van der Waals surface area contributed by atoms with Crippen molar-refractivity contribution in [3.8, 4) is 0 Å². The fourth-order valence-electron chi connectivity index (χ4n) is 4.82. The number of aromatic nitrogens is 1. The molecule has 2 aliphatic carbocycles. The van der Waals surface area contributed by atoms with Gasteiger partial charge in [0.15, 0.2) is 0 Å². The minimum atomic E-state index is 0.331. The number of nitrogens with zero attached hydrogens (tertiary/aromatic N) is 1. The summed E-state index contributed by atoms with van der Waals surface area (Å²) in [6, 6.07) is 4.39. The molecule has 116 valence electrons. The molecule has 0 spiro atoms. The van der Waals surface area contributed by atoms with Crippen molar-refractivity contribution in [2.75, 3.05) is 0 Å². The van der Waals surface area contributed by atoms with Crippen LogP contribution in [0.15, 0.2) is 18.3 Å². The molecule has 2 unspecified atom stereocenters. The smallest absolute Gasteiger partial charge is 0.0401 e. The molecule has 0 amide bonds. The van der Waals surface area contributed by atoms with Gasteiger partial charge < -0.3 is 5.32 Å². The van der Waals surface area contributed by atoms with Crippen LogP contribution in [0.4, 0.5) is 0 Å². The summed E-state index contributed by atoms with van der Waals surface area (Å²) in [5.41, 5.74) is 2.83. The number of hydrogen-bond donors (Lipinski definition) is 1. The molecule has 1 aromatic heterocycles. The minimum absolute atomic E-state index is 0.331. The highest BCUT2D eigenvalue weighted by Gasteiger charge is 2.40. The quantitative estimate of drug-likeness (QED) is 0.890. The SMILES string of the molecule is CCc1ccc(CNC2(C)CC3CC(C)CC(C3)C2)cn1. The van der Waals surface area contributed by atoms with E-state index in [0.29, 0.717) is 5.54 Å². The van der Waals surface area contributed by atoms with Gasteiger partial charge in [-0.15, -0.1) is 0 Å². The van der Waals surface area contributed by atoms with E-state index in [0.717, 1.165) is 30.7 Å². The molecule has 1 aromatic rings. The molecule has 2 atom stereocenters. The second-order valence-corrected chi connectivity index (χ2v) is 7.88. The molecule has 2 nitrogen and oxygen atoms in total. The van der Waals surface area contributed by atoms with E-state index in [4.69, 9.17) is 0 Å². The molecule has 1 N–H and O–H groups in total. The van der Waals surface area contributed by atoms with Crippen LogP contribution in [0.25, 0.3) is 0 Å². The van der Waals surface area contributed by atoms with Crippen LogP contribution >= 0.6 is 0 Å². The summed E-state index contributed by atoms with van der Waals surface area (Å²) in [5, 5.41) is 3.86. The Hall–Kier alpha value is -0.890. The first-order valence-electron chi connectivity index (χ1n) is 8.75. The third kappa shape index (κ3) is 3.66. The topological polar surface area (TPSA) is 24.9 Å². The van der Waals surface area contributed by atoms with Crippen molar-refractivity contribution < 1.29 is 0 Å². The Morgan fingerprint density at radius 1 is 1.19 bits per heavy atom. The van der Waals surface area contributed by atoms with Crippen LogP contribution in [-0.4, -0.2) is 10.5 Å². The number of fused-ring (bicyclic) bond motifs is 2. The van der Waals surface area contributed by atoms with E-state index in [9.17, 15) is 0 Å². The molecule has 2 aliphatic rings. The van der Waals surface area contributed by atoms with Gasteiger partial charge in [0.05, 0.1) is 0 Å². The third-order valence-electron chi connectivity index (χ3n) is 5.58. The Balaban J connectivity index is 1.59. The first-order chi connectivity index (χ1) is 10.1. The Morgan fingerprint density at radius 2 is 1.90 bits per heavy atom. The minimum Gasteiger partial charge on any atom is -0.307 e. The maximum atomic E-state index is 4.51.